The van der Waals surface area contributed by atoms with Gasteiger partial charge in [0.2, 0.25) is 5.91 Å². The maximum absolute atomic E-state index is 13.2. The number of ketones is 1. The minimum Gasteiger partial charge on any atom is -0.497 e. The van der Waals surface area contributed by atoms with E-state index in [2.05, 4.69) is 10.6 Å². The van der Waals surface area contributed by atoms with Gasteiger partial charge in [-0.1, -0.05) is 44.4 Å². The van der Waals surface area contributed by atoms with Gasteiger partial charge in [-0.3, -0.25) is 14.4 Å². The second-order valence-corrected chi connectivity index (χ2v) is 10.8. The molecule has 4 rings (SSSR count). The molecular weight excluding hydrogens is 506 g/mol. The van der Waals surface area contributed by atoms with Crippen LogP contribution in [0.5, 0.6) is 11.5 Å². The number of carbonyl (C=O) groups is 3. The van der Waals surface area contributed by atoms with Crippen molar-refractivity contribution in [2.45, 2.75) is 70.9 Å². The smallest absolute Gasteiger partial charge is 0.251 e. The van der Waals surface area contributed by atoms with E-state index >= 15 is 0 Å². The van der Waals surface area contributed by atoms with Crippen molar-refractivity contribution in [2.24, 2.45) is 5.92 Å². The van der Waals surface area contributed by atoms with E-state index in [0.717, 1.165) is 48.3 Å². The van der Waals surface area contributed by atoms with Crippen molar-refractivity contribution in [3.63, 3.8) is 0 Å². The van der Waals surface area contributed by atoms with Crippen LogP contribution in [0.1, 0.15) is 79.8 Å². The fourth-order valence-electron chi connectivity index (χ4n) is 5.71. The van der Waals surface area contributed by atoms with Crippen molar-refractivity contribution >= 4 is 17.6 Å². The number of rotatable bonds is 13. The largest absolute Gasteiger partial charge is 0.497 e. The highest BCUT2D eigenvalue weighted by molar-refractivity contribution is 5.98. The van der Waals surface area contributed by atoms with E-state index in [1.807, 2.05) is 55.1 Å². The third-order valence-corrected chi connectivity index (χ3v) is 8.12. The molecule has 40 heavy (non-hydrogen) atoms. The summed E-state index contributed by atoms with van der Waals surface area (Å²) >= 11 is 0. The molecule has 2 aliphatic rings. The molecule has 1 heterocycles. The predicted octanol–water partition coefficient (Wildman–Crippen LogP) is 4.47. The van der Waals surface area contributed by atoms with Crippen LogP contribution in [-0.2, 0) is 16.1 Å². The zero-order chi connectivity index (χ0) is 28.5. The van der Waals surface area contributed by atoms with Crippen LogP contribution in [0.2, 0.25) is 0 Å². The second-order valence-electron chi connectivity index (χ2n) is 10.8. The number of benzene rings is 2. The third-order valence-electron chi connectivity index (χ3n) is 8.12. The molecule has 0 bridgehead atoms. The fraction of sp³-hybridized carbons (Fsp3) is 0.531. The Labute approximate surface area is 237 Å². The molecule has 0 spiro atoms. The third kappa shape index (κ3) is 7.42. The standard InChI is InChI=1S/C32H43N3O5/c1-4-28(36)31(22-10-7-6-8-11-22)34-32(38)24-13-9-12-23(16-24)26-20-35(21-26)30(37)19-33-18-25-14-15-27(39-3)17-29(25)40-5-2/h9,12-17,22,26,31,33H,4-8,10-11,18-21H2,1-3H3,(H,34,38)/t31-/m1/s1. The Bertz CT molecular complexity index is 1170. The summed E-state index contributed by atoms with van der Waals surface area (Å²) in [6, 6.07) is 12.9. The van der Waals surface area contributed by atoms with Crippen molar-refractivity contribution in [3.8, 4) is 11.5 Å². The molecule has 8 nitrogen and oxygen atoms in total. The molecule has 1 saturated heterocycles. The summed E-state index contributed by atoms with van der Waals surface area (Å²) in [5.74, 6) is 1.86. The summed E-state index contributed by atoms with van der Waals surface area (Å²) in [7, 11) is 1.62. The zero-order valence-corrected chi connectivity index (χ0v) is 24.0. The van der Waals surface area contributed by atoms with E-state index in [0.29, 0.717) is 38.2 Å². The summed E-state index contributed by atoms with van der Waals surface area (Å²) in [5.41, 5.74) is 2.58. The van der Waals surface area contributed by atoms with Crippen molar-refractivity contribution in [3.05, 3.63) is 59.2 Å². The predicted molar refractivity (Wildman–Crippen MR) is 155 cm³/mol. The van der Waals surface area contributed by atoms with Crippen molar-refractivity contribution in [1.29, 1.82) is 0 Å². The van der Waals surface area contributed by atoms with Gasteiger partial charge < -0.3 is 25.0 Å². The Morgan fingerprint density at radius 3 is 2.50 bits per heavy atom. The number of methoxy groups -OCH3 is 1. The van der Waals surface area contributed by atoms with Crippen LogP contribution in [0.15, 0.2) is 42.5 Å². The van der Waals surface area contributed by atoms with Gasteiger partial charge in [-0.05, 0) is 49.4 Å². The topological polar surface area (TPSA) is 97.0 Å². The monoisotopic (exact) mass is 549 g/mol. The molecule has 2 N–H and O–H groups in total. The van der Waals surface area contributed by atoms with Crippen LogP contribution in [0, 0.1) is 5.92 Å². The summed E-state index contributed by atoms with van der Waals surface area (Å²) in [6.07, 6.45) is 5.85. The van der Waals surface area contributed by atoms with E-state index < -0.39 is 6.04 Å². The quantitative estimate of drug-likeness (QED) is 0.383. The lowest BCUT2D eigenvalue weighted by atomic mass is 9.81. The Hall–Kier alpha value is -3.39. The zero-order valence-electron chi connectivity index (χ0n) is 24.0. The molecule has 1 atom stereocenters. The number of likely N-dealkylation sites (tertiary alicyclic amines) is 1. The first-order chi connectivity index (χ1) is 19.4. The number of nitrogens with zero attached hydrogens (tertiary/aromatic N) is 1. The average molecular weight is 550 g/mol. The molecule has 8 heteroatoms. The van der Waals surface area contributed by atoms with E-state index in [1.165, 1.54) is 6.42 Å². The molecule has 2 amide bonds. The van der Waals surface area contributed by atoms with E-state index in [9.17, 15) is 14.4 Å². The van der Waals surface area contributed by atoms with E-state index in [1.54, 1.807) is 13.2 Å². The van der Waals surface area contributed by atoms with E-state index in [-0.39, 0.29) is 36.0 Å². The highest BCUT2D eigenvalue weighted by Crippen LogP contribution is 2.30. The molecule has 0 aromatic heterocycles. The van der Waals surface area contributed by atoms with Gasteiger partial charge in [-0.25, -0.2) is 0 Å². The summed E-state index contributed by atoms with van der Waals surface area (Å²) in [4.78, 5) is 40.4. The number of amides is 2. The average Bonchev–Trinajstić information content (AvgIpc) is 2.96. The molecule has 1 aliphatic carbocycles. The van der Waals surface area contributed by atoms with Crippen LogP contribution in [0.25, 0.3) is 0 Å². The van der Waals surface area contributed by atoms with Crippen LogP contribution < -0.4 is 20.1 Å². The molecule has 1 aliphatic heterocycles. The lowest BCUT2D eigenvalue weighted by Gasteiger charge is -2.40. The van der Waals surface area contributed by atoms with Gasteiger partial charge in [0.25, 0.3) is 5.91 Å². The second kappa shape index (κ2) is 14.3. The normalized spacial score (nSPS) is 16.6. The highest BCUT2D eigenvalue weighted by Gasteiger charge is 2.33. The fourth-order valence-corrected chi connectivity index (χ4v) is 5.71. The minimum atomic E-state index is -0.409. The number of carbonyl (C=O) groups excluding carboxylic acids is 3. The lowest BCUT2D eigenvalue weighted by molar-refractivity contribution is -0.134. The number of ether oxygens (including phenoxy) is 2. The Morgan fingerprint density at radius 2 is 1.80 bits per heavy atom. The first kappa shape index (κ1) is 29.6. The first-order valence-electron chi connectivity index (χ1n) is 14.6. The van der Waals surface area contributed by atoms with Gasteiger partial charge in [-0.15, -0.1) is 0 Å². The molecule has 0 unspecified atom stereocenters. The van der Waals surface area contributed by atoms with Crippen molar-refractivity contribution in [1.82, 2.24) is 15.5 Å². The Kier molecular flexibility index (Phi) is 10.6. The number of Topliss-reactive ketones (excluding diaryl/α,β-unsaturated/α-hetero) is 1. The van der Waals surface area contributed by atoms with Gasteiger partial charge in [0, 0.05) is 49.2 Å². The summed E-state index contributed by atoms with van der Waals surface area (Å²) in [6.45, 7) is 6.35. The SMILES string of the molecule is CCOc1cc(OC)ccc1CNCC(=O)N1CC(c2cccc(C(=O)N[C@@H](C(=O)CC)C3CCCCC3)c2)C1. The van der Waals surface area contributed by atoms with Gasteiger partial charge in [-0.2, -0.15) is 0 Å². The van der Waals surface area contributed by atoms with Gasteiger partial charge >= 0.3 is 0 Å². The van der Waals surface area contributed by atoms with Crippen LogP contribution in [0.4, 0.5) is 0 Å². The number of nitrogens with one attached hydrogen (secondary N) is 2. The highest BCUT2D eigenvalue weighted by atomic mass is 16.5. The van der Waals surface area contributed by atoms with Gasteiger partial charge in [0.1, 0.15) is 11.5 Å². The Balaban J connectivity index is 1.28. The summed E-state index contributed by atoms with van der Waals surface area (Å²) < 4.78 is 11.0. The molecule has 0 radical (unpaired) electrons. The molecule has 1 saturated carbocycles. The van der Waals surface area contributed by atoms with Crippen LogP contribution in [0.3, 0.4) is 0 Å². The van der Waals surface area contributed by atoms with Crippen LogP contribution >= 0.6 is 0 Å². The first-order valence-corrected chi connectivity index (χ1v) is 14.6. The lowest BCUT2D eigenvalue weighted by Crippen LogP contribution is -2.51. The van der Waals surface area contributed by atoms with Crippen molar-refractivity contribution in [2.75, 3.05) is 33.4 Å². The van der Waals surface area contributed by atoms with Gasteiger partial charge in [0.05, 0.1) is 26.3 Å². The van der Waals surface area contributed by atoms with Crippen molar-refractivity contribution < 1.29 is 23.9 Å². The summed E-state index contributed by atoms with van der Waals surface area (Å²) in [5, 5.41) is 6.29. The maximum Gasteiger partial charge on any atom is 0.251 e. The molecule has 216 valence electrons. The minimum absolute atomic E-state index is 0.0463. The molecule has 2 fully saturated rings. The Morgan fingerprint density at radius 1 is 1.02 bits per heavy atom. The van der Waals surface area contributed by atoms with Gasteiger partial charge in [0.15, 0.2) is 5.78 Å². The number of hydrogen-bond donors (Lipinski definition) is 2. The van der Waals surface area contributed by atoms with E-state index in [4.69, 9.17) is 9.47 Å². The maximum atomic E-state index is 13.2. The van der Waals surface area contributed by atoms with Crippen LogP contribution in [-0.4, -0.2) is 61.9 Å². The molecule has 2 aromatic carbocycles. The molecule has 2 aromatic rings. The number of hydrogen-bond acceptors (Lipinski definition) is 6. The molecular formula is C32H43N3O5.